The molecule has 3 nitrogen and oxygen atoms in total. The number of nitrogens with two attached hydrogens (primary N) is 1. The van der Waals surface area contributed by atoms with Crippen LogP contribution in [0.3, 0.4) is 0 Å². The fourth-order valence-electron chi connectivity index (χ4n) is 2.25. The summed E-state index contributed by atoms with van der Waals surface area (Å²) >= 11 is 0. The fourth-order valence-corrected chi connectivity index (χ4v) is 2.25. The van der Waals surface area contributed by atoms with E-state index in [4.69, 9.17) is 10.5 Å². The van der Waals surface area contributed by atoms with Crippen molar-refractivity contribution in [3.63, 3.8) is 0 Å². The average Bonchev–Trinajstić information content (AvgIpc) is 2.36. The molecule has 0 bridgehead atoms. The molecule has 0 aliphatic carbocycles. The van der Waals surface area contributed by atoms with Crippen molar-refractivity contribution < 1.29 is 9.53 Å². The first-order chi connectivity index (χ1) is 9.95. The van der Waals surface area contributed by atoms with Crippen LogP contribution >= 0.6 is 12.4 Å². The zero-order valence-electron chi connectivity index (χ0n) is 15.5. The summed E-state index contributed by atoms with van der Waals surface area (Å²) in [6.45, 7) is 15.3. The zero-order valence-corrected chi connectivity index (χ0v) is 16.3. The topological polar surface area (TPSA) is 52.3 Å². The van der Waals surface area contributed by atoms with Gasteiger partial charge in [-0.1, -0.05) is 59.7 Å². The van der Waals surface area contributed by atoms with Crippen molar-refractivity contribution in [2.24, 2.45) is 5.73 Å². The van der Waals surface area contributed by atoms with Gasteiger partial charge < -0.3 is 10.5 Å². The van der Waals surface area contributed by atoms with Crippen molar-refractivity contribution in [1.29, 1.82) is 0 Å². The maximum absolute atomic E-state index is 11.7. The molecule has 132 valence electrons. The van der Waals surface area contributed by atoms with E-state index in [9.17, 15) is 4.79 Å². The van der Waals surface area contributed by atoms with Gasteiger partial charge in [0.25, 0.3) is 0 Å². The molecular weight excluding hydrogens is 310 g/mol. The van der Waals surface area contributed by atoms with Crippen LogP contribution in [0, 0.1) is 0 Å². The van der Waals surface area contributed by atoms with Crippen LogP contribution in [-0.2, 0) is 20.4 Å². The molecule has 1 aromatic rings. The van der Waals surface area contributed by atoms with Gasteiger partial charge >= 0.3 is 5.97 Å². The summed E-state index contributed by atoms with van der Waals surface area (Å²) in [6.07, 6.45) is 0.213. The highest BCUT2D eigenvalue weighted by Crippen LogP contribution is 2.32. The molecule has 2 N–H and O–H groups in total. The van der Waals surface area contributed by atoms with Gasteiger partial charge in [-0.3, -0.25) is 4.79 Å². The summed E-state index contributed by atoms with van der Waals surface area (Å²) in [5, 5.41) is 0. The van der Waals surface area contributed by atoms with Crippen LogP contribution < -0.4 is 5.73 Å². The maximum atomic E-state index is 11.7. The van der Waals surface area contributed by atoms with E-state index in [1.807, 2.05) is 0 Å². The van der Waals surface area contributed by atoms with Gasteiger partial charge in [-0.05, 0) is 34.4 Å². The minimum Gasteiger partial charge on any atom is -0.466 e. The minimum atomic E-state index is -0.331. The highest BCUT2D eigenvalue weighted by Gasteiger charge is 2.22. The van der Waals surface area contributed by atoms with Crippen LogP contribution in [0.5, 0.6) is 0 Å². The second-order valence-corrected chi connectivity index (χ2v) is 7.96. The van der Waals surface area contributed by atoms with E-state index >= 15 is 0 Å². The molecule has 1 aromatic carbocycles. The number of rotatable bonds is 4. The Hall–Kier alpha value is -1.06. The summed E-state index contributed by atoms with van der Waals surface area (Å²) in [7, 11) is 0. The van der Waals surface area contributed by atoms with E-state index < -0.39 is 0 Å². The second kappa shape index (κ2) is 8.16. The first-order valence-corrected chi connectivity index (χ1v) is 8.02. The Kier molecular flexibility index (Phi) is 7.79. The molecule has 1 rings (SSSR count). The molecule has 4 heteroatoms. The number of esters is 1. The van der Waals surface area contributed by atoms with Gasteiger partial charge in [-0.2, -0.15) is 0 Å². The molecule has 0 spiro atoms. The van der Waals surface area contributed by atoms with E-state index in [1.165, 1.54) is 11.1 Å². The fraction of sp³-hybridized carbons (Fsp3) is 0.632. The van der Waals surface area contributed by atoms with Crippen molar-refractivity contribution in [3.05, 3.63) is 34.9 Å². The van der Waals surface area contributed by atoms with Crippen molar-refractivity contribution in [1.82, 2.24) is 0 Å². The van der Waals surface area contributed by atoms with Crippen molar-refractivity contribution in [2.45, 2.75) is 71.8 Å². The van der Waals surface area contributed by atoms with Crippen LogP contribution in [0.1, 0.15) is 77.6 Å². The number of benzene rings is 1. The zero-order chi connectivity index (χ0) is 17.1. The Morgan fingerprint density at radius 2 is 1.48 bits per heavy atom. The van der Waals surface area contributed by atoms with Gasteiger partial charge in [-0.25, -0.2) is 0 Å². The highest BCUT2D eigenvalue weighted by molar-refractivity contribution is 5.85. The van der Waals surface area contributed by atoms with E-state index in [0.717, 1.165) is 5.56 Å². The van der Waals surface area contributed by atoms with Crippen LogP contribution in [0.25, 0.3) is 0 Å². The third-order valence-corrected chi connectivity index (χ3v) is 3.81. The van der Waals surface area contributed by atoms with Gasteiger partial charge in [-0.15, -0.1) is 12.4 Å². The molecule has 0 fully saturated rings. The molecule has 0 radical (unpaired) electrons. The van der Waals surface area contributed by atoms with Crippen LogP contribution in [0.15, 0.2) is 18.2 Å². The molecule has 0 aliphatic rings. The van der Waals surface area contributed by atoms with Crippen LogP contribution in [0.2, 0.25) is 0 Å². The Labute approximate surface area is 147 Å². The molecule has 0 amide bonds. The Bertz CT molecular complexity index is 495. The molecule has 1 atom stereocenters. The normalized spacial score (nSPS) is 13.2. The molecule has 0 aliphatic heterocycles. The monoisotopic (exact) mass is 341 g/mol. The van der Waals surface area contributed by atoms with Gasteiger partial charge in [0.1, 0.15) is 0 Å². The molecular formula is C19H32ClNO2. The summed E-state index contributed by atoms with van der Waals surface area (Å²) in [5.41, 5.74) is 9.83. The Morgan fingerprint density at radius 1 is 1.04 bits per heavy atom. The van der Waals surface area contributed by atoms with Crippen LogP contribution in [0.4, 0.5) is 0 Å². The third-order valence-electron chi connectivity index (χ3n) is 3.81. The standard InChI is InChI=1S/C19H31NO2.ClH/c1-8-22-17(21)12-16(20)13-9-14(18(2,3)4)11-15(10-13)19(5,6)7;/h9-11,16H,8,12,20H2,1-7H3;1H. The number of carbonyl (C=O) groups excluding carboxylic acids is 1. The van der Waals surface area contributed by atoms with E-state index in [2.05, 4.69) is 59.7 Å². The Balaban J connectivity index is 0.00000484. The predicted molar refractivity (Wildman–Crippen MR) is 99.3 cm³/mol. The minimum absolute atomic E-state index is 0. The number of carbonyl (C=O) groups is 1. The van der Waals surface area contributed by atoms with E-state index in [-0.39, 0.29) is 41.7 Å². The number of ether oxygens (including phenoxy) is 1. The first-order valence-electron chi connectivity index (χ1n) is 8.02. The van der Waals surface area contributed by atoms with Gasteiger partial charge in [0, 0.05) is 6.04 Å². The van der Waals surface area contributed by atoms with Crippen molar-refractivity contribution >= 4 is 18.4 Å². The SMILES string of the molecule is CCOC(=O)CC(N)c1cc(C(C)(C)C)cc(C(C)(C)C)c1.Cl. The molecule has 0 heterocycles. The van der Waals surface area contributed by atoms with E-state index in [0.29, 0.717) is 6.61 Å². The number of hydrogen-bond donors (Lipinski definition) is 1. The molecule has 1 unspecified atom stereocenters. The van der Waals surface area contributed by atoms with Crippen molar-refractivity contribution in [2.75, 3.05) is 6.61 Å². The lowest BCUT2D eigenvalue weighted by atomic mass is 9.78. The molecule has 0 aromatic heterocycles. The van der Waals surface area contributed by atoms with E-state index in [1.54, 1.807) is 6.92 Å². The summed E-state index contributed by atoms with van der Waals surface area (Å²) in [5.74, 6) is -0.242. The van der Waals surface area contributed by atoms with Gasteiger partial charge in [0.05, 0.1) is 13.0 Å². The smallest absolute Gasteiger partial charge is 0.307 e. The largest absolute Gasteiger partial charge is 0.466 e. The second-order valence-electron chi connectivity index (χ2n) is 7.96. The predicted octanol–water partition coefficient (Wildman–Crippen LogP) is 4.66. The summed E-state index contributed by atoms with van der Waals surface area (Å²) in [6, 6.07) is 6.17. The lowest BCUT2D eigenvalue weighted by Crippen LogP contribution is -2.21. The van der Waals surface area contributed by atoms with Gasteiger partial charge in [0.15, 0.2) is 0 Å². The third kappa shape index (κ3) is 6.52. The summed E-state index contributed by atoms with van der Waals surface area (Å²) in [4.78, 5) is 11.7. The lowest BCUT2D eigenvalue weighted by Gasteiger charge is -2.27. The molecule has 0 saturated carbocycles. The Morgan fingerprint density at radius 3 is 1.83 bits per heavy atom. The molecule has 0 saturated heterocycles. The number of halogens is 1. The average molecular weight is 342 g/mol. The number of hydrogen-bond acceptors (Lipinski definition) is 3. The van der Waals surface area contributed by atoms with Crippen LogP contribution in [-0.4, -0.2) is 12.6 Å². The first kappa shape index (κ1) is 21.9. The lowest BCUT2D eigenvalue weighted by molar-refractivity contribution is -0.143. The van der Waals surface area contributed by atoms with Crippen molar-refractivity contribution in [3.8, 4) is 0 Å². The molecule has 23 heavy (non-hydrogen) atoms. The summed E-state index contributed by atoms with van der Waals surface area (Å²) < 4.78 is 5.01. The quantitative estimate of drug-likeness (QED) is 0.810. The maximum Gasteiger partial charge on any atom is 0.307 e. The van der Waals surface area contributed by atoms with Gasteiger partial charge in [0.2, 0.25) is 0 Å². The highest BCUT2D eigenvalue weighted by atomic mass is 35.5.